The van der Waals surface area contributed by atoms with E-state index in [9.17, 15) is 79.8 Å². The number of alkyl carbamates (subject to hydrolysis) is 2. The largest absolute Gasteiger partial charge is 0.409 e. The van der Waals surface area contributed by atoms with Gasteiger partial charge in [-0.15, -0.1) is 0 Å². The highest BCUT2D eigenvalue weighted by Gasteiger charge is 2.77. The van der Waals surface area contributed by atoms with Crippen LogP contribution in [-0.4, -0.2) is 86.9 Å². The Hall–Kier alpha value is -2.58. The number of unbranched alkanes of at least 4 members (excludes halogenated alkanes) is 1. The number of rotatable bonds is 15. The molecule has 2 amide bonds. The van der Waals surface area contributed by atoms with E-state index in [1.165, 1.54) is 10.6 Å². The Balaban J connectivity index is 4.58. The van der Waals surface area contributed by atoms with Gasteiger partial charge in [0, 0.05) is 13.1 Å². The second kappa shape index (κ2) is 12.5. The van der Waals surface area contributed by atoms with Crippen LogP contribution in [0.2, 0.25) is 0 Å². The molecule has 0 fully saturated rings. The van der Waals surface area contributed by atoms with Crippen LogP contribution in [0.5, 0.6) is 0 Å². The van der Waals surface area contributed by atoms with Crippen molar-refractivity contribution in [3.63, 3.8) is 0 Å². The molecular weight excluding hydrogens is 588 g/mol. The summed E-state index contributed by atoms with van der Waals surface area (Å²) in [7, 11) is 0. The highest BCUT2D eigenvalue weighted by molar-refractivity contribution is 5.67. The molecule has 0 saturated heterocycles. The van der Waals surface area contributed by atoms with Crippen LogP contribution in [0.1, 0.15) is 12.8 Å². The van der Waals surface area contributed by atoms with Gasteiger partial charge in [0.25, 0.3) is 0 Å². The highest BCUT2D eigenvalue weighted by atomic mass is 19.4. The molecule has 2 N–H and O–H groups in total. The minimum Gasteiger partial charge on any atom is -0.408 e. The van der Waals surface area contributed by atoms with Gasteiger partial charge >= 0.3 is 60.4 Å². The van der Waals surface area contributed by atoms with Gasteiger partial charge in [-0.2, -0.15) is 61.5 Å². The zero-order valence-electron chi connectivity index (χ0n) is 18.1. The van der Waals surface area contributed by atoms with Crippen LogP contribution < -0.4 is 10.6 Å². The summed E-state index contributed by atoms with van der Waals surface area (Å²) in [6, 6.07) is 0. The van der Waals surface area contributed by atoms with Gasteiger partial charge in [0.1, 0.15) is 0 Å². The fourth-order valence-corrected chi connectivity index (χ4v) is 1.99. The lowest BCUT2D eigenvalue weighted by Gasteiger charge is -2.32. The molecule has 0 aromatic carbocycles. The van der Waals surface area contributed by atoms with Crippen molar-refractivity contribution in [3.8, 4) is 0 Å². The Morgan fingerprint density at radius 2 is 0.842 bits per heavy atom. The van der Waals surface area contributed by atoms with E-state index >= 15 is 0 Å². The second-order valence-corrected chi connectivity index (χ2v) is 7.07. The molecule has 0 aliphatic heterocycles. The molecule has 22 heteroatoms. The summed E-state index contributed by atoms with van der Waals surface area (Å²) in [6.07, 6.45) is -14.6. The molecule has 38 heavy (non-hydrogen) atoms. The molecule has 226 valence electrons. The molecule has 0 aliphatic carbocycles. The van der Waals surface area contributed by atoms with E-state index in [1.807, 2.05) is 0 Å². The monoisotopic (exact) mass is 604 g/mol. The topological polar surface area (TPSA) is 76.7 Å². The summed E-state index contributed by atoms with van der Waals surface area (Å²) < 4.78 is 212. The molecule has 2 atom stereocenters. The quantitative estimate of drug-likeness (QED) is 0.190. The molecule has 0 aromatic heterocycles. The number of hydrogen-bond donors (Lipinski definition) is 2. The normalized spacial score (nSPS) is 15.5. The summed E-state index contributed by atoms with van der Waals surface area (Å²) in [5.41, 5.74) is 0. The van der Waals surface area contributed by atoms with E-state index in [4.69, 9.17) is 0 Å². The van der Waals surface area contributed by atoms with E-state index in [-0.39, 0.29) is 0 Å². The third kappa shape index (κ3) is 7.50. The zero-order valence-corrected chi connectivity index (χ0v) is 18.1. The predicted octanol–water partition coefficient (Wildman–Crippen LogP) is 5.56. The van der Waals surface area contributed by atoms with Gasteiger partial charge in [0.15, 0.2) is 13.3 Å². The second-order valence-electron chi connectivity index (χ2n) is 7.07. The van der Waals surface area contributed by atoms with Crippen molar-refractivity contribution in [1.29, 1.82) is 0 Å². The number of carbonyl (C=O) groups excluding carboxylic acids is 2. The number of nitrogens with one attached hydrogen (secondary N) is 2. The number of halogens is 16. The van der Waals surface area contributed by atoms with Crippen molar-refractivity contribution in [2.75, 3.05) is 26.4 Å². The van der Waals surface area contributed by atoms with Crippen LogP contribution in [0.4, 0.5) is 79.8 Å². The van der Waals surface area contributed by atoms with Crippen LogP contribution >= 0.6 is 0 Å². The summed E-state index contributed by atoms with van der Waals surface area (Å²) >= 11 is 0. The minimum atomic E-state index is -6.62. The van der Waals surface area contributed by atoms with Gasteiger partial charge in [0.2, 0.25) is 0 Å². The van der Waals surface area contributed by atoms with Gasteiger partial charge in [0.05, 0.1) is 0 Å². The SMILES string of the molecule is O=C(NCCCCNC(=O)O[C@@H](F)C(F)(F)C(F)(F)C(F)(F)CF)O[C@@H](F)C(F)(F)C(F)(F)C(F)(F)CF. The first-order valence-corrected chi connectivity index (χ1v) is 9.52. The Bertz CT molecular complexity index is 733. The van der Waals surface area contributed by atoms with Crippen LogP contribution in [0.15, 0.2) is 0 Å². The van der Waals surface area contributed by atoms with E-state index in [0.29, 0.717) is 0 Å². The van der Waals surface area contributed by atoms with E-state index < -0.39 is 99.7 Å². The summed E-state index contributed by atoms with van der Waals surface area (Å²) in [4.78, 5) is 22.2. The summed E-state index contributed by atoms with van der Waals surface area (Å²) in [5, 5.41) is 2.87. The third-order valence-electron chi connectivity index (χ3n) is 4.22. The third-order valence-corrected chi connectivity index (χ3v) is 4.22. The first-order chi connectivity index (χ1) is 17.0. The van der Waals surface area contributed by atoms with Gasteiger partial charge in [-0.05, 0) is 12.8 Å². The Morgan fingerprint density at radius 1 is 0.579 bits per heavy atom. The molecule has 0 aliphatic rings. The van der Waals surface area contributed by atoms with Crippen molar-refractivity contribution in [2.45, 2.75) is 61.1 Å². The van der Waals surface area contributed by atoms with E-state index in [2.05, 4.69) is 9.47 Å². The van der Waals surface area contributed by atoms with Crippen LogP contribution in [0.25, 0.3) is 0 Å². The van der Waals surface area contributed by atoms with Crippen molar-refractivity contribution in [2.24, 2.45) is 0 Å². The number of amides is 2. The van der Waals surface area contributed by atoms with Gasteiger partial charge in [-0.25, -0.2) is 18.4 Å². The van der Waals surface area contributed by atoms with Crippen molar-refractivity contribution in [3.05, 3.63) is 0 Å². The molecular formula is C16H16F16N2O4. The number of carbonyl (C=O) groups is 2. The fraction of sp³-hybridized carbons (Fsp3) is 0.875. The Kier molecular flexibility index (Phi) is 11.7. The maximum Gasteiger partial charge on any atom is 0.409 e. The molecule has 0 radical (unpaired) electrons. The first-order valence-electron chi connectivity index (χ1n) is 9.52. The van der Waals surface area contributed by atoms with Gasteiger partial charge in [-0.1, -0.05) is 0 Å². The number of hydrogen-bond acceptors (Lipinski definition) is 4. The van der Waals surface area contributed by atoms with Crippen LogP contribution in [0.3, 0.4) is 0 Å². The molecule has 0 aromatic rings. The standard InChI is InChI=1S/C16H16F16N2O4/c17-5-11(21,22)15(29,30)13(25,26)7(19)37-9(35)33-3-1-2-4-34-10(36)38-8(20)14(27,28)16(31,32)12(23,24)6-18/h7-8H,1-6H2,(H,33,35)(H,34,36)/t7-,8-/m1/s1. The average Bonchev–Trinajstić information content (AvgIpc) is 2.80. The molecule has 0 bridgehead atoms. The molecule has 0 rings (SSSR count). The van der Waals surface area contributed by atoms with Crippen molar-refractivity contribution < 1.29 is 89.3 Å². The highest BCUT2D eigenvalue weighted by Crippen LogP contribution is 2.49. The maximum absolute atomic E-state index is 13.2. The summed E-state index contributed by atoms with van der Waals surface area (Å²) in [5.74, 6) is -38.1. The Morgan fingerprint density at radius 3 is 1.08 bits per heavy atom. The van der Waals surface area contributed by atoms with Crippen molar-refractivity contribution in [1.82, 2.24) is 10.6 Å². The summed E-state index contributed by atoms with van der Waals surface area (Å²) in [6.45, 7) is -8.07. The number of alkyl halides is 16. The lowest BCUT2D eigenvalue weighted by molar-refractivity contribution is -0.348. The minimum absolute atomic E-state index is 0.394. The Labute approximate surface area is 201 Å². The molecule has 0 spiro atoms. The van der Waals surface area contributed by atoms with Crippen LogP contribution in [-0.2, 0) is 9.47 Å². The first kappa shape index (κ1) is 35.4. The lowest BCUT2D eigenvalue weighted by atomic mass is 10.1. The van der Waals surface area contributed by atoms with E-state index in [0.717, 1.165) is 0 Å². The number of ether oxygens (including phenoxy) is 2. The predicted molar refractivity (Wildman–Crippen MR) is 89.6 cm³/mol. The fourth-order valence-electron chi connectivity index (χ4n) is 1.99. The van der Waals surface area contributed by atoms with E-state index in [1.54, 1.807) is 0 Å². The maximum atomic E-state index is 13.2. The average molecular weight is 604 g/mol. The molecule has 0 unspecified atom stereocenters. The smallest absolute Gasteiger partial charge is 0.408 e. The molecule has 6 nitrogen and oxygen atoms in total. The lowest BCUT2D eigenvalue weighted by Crippen LogP contribution is -2.60. The molecule has 0 saturated carbocycles. The zero-order chi connectivity index (χ0) is 30.4. The van der Waals surface area contributed by atoms with Gasteiger partial charge in [-0.3, -0.25) is 0 Å². The molecule has 0 heterocycles. The van der Waals surface area contributed by atoms with Crippen molar-refractivity contribution >= 4 is 12.2 Å². The van der Waals surface area contributed by atoms with Crippen LogP contribution in [0, 0.1) is 0 Å². The van der Waals surface area contributed by atoms with Gasteiger partial charge < -0.3 is 20.1 Å².